The first kappa shape index (κ1) is 13.4. The standard InChI is InChI=1S/C15H30N2/c1-3-4-14-7-10-17(11-8-14)12-9-16-13(2)15-5-6-15/h13-16H,3-12H2,1-2H3. The Kier molecular flexibility index (Phi) is 5.30. The zero-order chi connectivity index (χ0) is 12.1. The summed E-state index contributed by atoms with van der Waals surface area (Å²) in [5, 5.41) is 3.69. The van der Waals surface area contributed by atoms with E-state index in [0.29, 0.717) is 0 Å². The molecule has 100 valence electrons. The smallest absolute Gasteiger partial charge is 0.0107 e. The van der Waals surface area contributed by atoms with Crippen molar-refractivity contribution in [2.45, 2.75) is 58.4 Å². The number of nitrogens with zero attached hydrogens (tertiary/aromatic N) is 1. The van der Waals surface area contributed by atoms with Gasteiger partial charge in [0.15, 0.2) is 0 Å². The van der Waals surface area contributed by atoms with Crippen LogP contribution < -0.4 is 5.32 Å². The SMILES string of the molecule is CCCC1CCN(CCNC(C)C2CC2)CC1. The van der Waals surface area contributed by atoms with E-state index in [4.69, 9.17) is 0 Å². The molecule has 1 atom stereocenters. The molecule has 0 aromatic rings. The quantitative estimate of drug-likeness (QED) is 0.733. The highest BCUT2D eigenvalue weighted by Crippen LogP contribution is 2.32. The molecule has 1 saturated heterocycles. The highest BCUT2D eigenvalue weighted by molar-refractivity contribution is 4.83. The molecular weight excluding hydrogens is 208 g/mol. The van der Waals surface area contributed by atoms with Crippen molar-refractivity contribution in [3.63, 3.8) is 0 Å². The van der Waals surface area contributed by atoms with Crippen molar-refractivity contribution in [3.05, 3.63) is 0 Å². The fraction of sp³-hybridized carbons (Fsp3) is 1.00. The lowest BCUT2D eigenvalue weighted by Crippen LogP contribution is -2.40. The Labute approximate surface area is 107 Å². The summed E-state index contributed by atoms with van der Waals surface area (Å²) in [5.74, 6) is 2.01. The second-order valence-corrected chi connectivity index (χ2v) is 6.15. The lowest BCUT2D eigenvalue weighted by Gasteiger charge is -2.32. The van der Waals surface area contributed by atoms with E-state index in [-0.39, 0.29) is 0 Å². The van der Waals surface area contributed by atoms with Crippen LogP contribution in [0.5, 0.6) is 0 Å². The van der Waals surface area contributed by atoms with Crippen molar-refractivity contribution in [3.8, 4) is 0 Å². The van der Waals surface area contributed by atoms with Crippen molar-refractivity contribution < 1.29 is 0 Å². The predicted octanol–water partition coefficient (Wildman–Crippen LogP) is 2.89. The normalized spacial score (nSPS) is 25.1. The number of rotatable bonds is 7. The minimum Gasteiger partial charge on any atom is -0.313 e. The Bertz CT molecular complexity index is 205. The van der Waals surface area contributed by atoms with Crippen LogP contribution in [0.4, 0.5) is 0 Å². The molecule has 2 rings (SSSR count). The maximum Gasteiger partial charge on any atom is 0.0107 e. The fourth-order valence-corrected chi connectivity index (χ4v) is 3.12. The predicted molar refractivity (Wildman–Crippen MR) is 74.3 cm³/mol. The van der Waals surface area contributed by atoms with Gasteiger partial charge in [0, 0.05) is 19.1 Å². The summed E-state index contributed by atoms with van der Waals surface area (Å²) >= 11 is 0. The molecular formula is C15H30N2. The zero-order valence-electron chi connectivity index (χ0n) is 11.8. The van der Waals surface area contributed by atoms with Gasteiger partial charge in [0.1, 0.15) is 0 Å². The number of piperidine rings is 1. The molecule has 1 aliphatic heterocycles. The molecule has 0 aromatic carbocycles. The minimum atomic E-state index is 0.757. The van der Waals surface area contributed by atoms with E-state index in [1.165, 1.54) is 64.7 Å². The second-order valence-electron chi connectivity index (χ2n) is 6.15. The average Bonchev–Trinajstić information content (AvgIpc) is 3.15. The van der Waals surface area contributed by atoms with Crippen LogP contribution >= 0.6 is 0 Å². The van der Waals surface area contributed by atoms with Crippen molar-refractivity contribution in [1.29, 1.82) is 0 Å². The number of likely N-dealkylation sites (tertiary alicyclic amines) is 1. The summed E-state index contributed by atoms with van der Waals surface area (Å²) in [4.78, 5) is 2.65. The van der Waals surface area contributed by atoms with Crippen LogP contribution in [0.2, 0.25) is 0 Å². The number of hydrogen-bond donors (Lipinski definition) is 1. The van der Waals surface area contributed by atoms with Crippen molar-refractivity contribution >= 4 is 0 Å². The fourth-order valence-electron chi connectivity index (χ4n) is 3.12. The molecule has 0 radical (unpaired) electrons. The van der Waals surface area contributed by atoms with E-state index >= 15 is 0 Å². The first-order chi connectivity index (χ1) is 8.29. The molecule has 1 saturated carbocycles. The van der Waals surface area contributed by atoms with Gasteiger partial charge in [-0.15, -0.1) is 0 Å². The monoisotopic (exact) mass is 238 g/mol. The van der Waals surface area contributed by atoms with Crippen LogP contribution in [0.1, 0.15) is 52.4 Å². The molecule has 2 aliphatic rings. The van der Waals surface area contributed by atoms with Crippen molar-refractivity contribution in [2.75, 3.05) is 26.2 Å². The summed E-state index contributed by atoms with van der Waals surface area (Å²) in [6.45, 7) is 9.79. The van der Waals surface area contributed by atoms with Gasteiger partial charge in [-0.25, -0.2) is 0 Å². The maximum absolute atomic E-state index is 3.69. The van der Waals surface area contributed by atoms with Gasteiger partial charge in [0.2, 0.25) is 0 Å². The average molecular weight is 238 g/mol. The lowest BCUT2D eigenvalue weighted by molar-refractivity contribution is 0.177. The van der Waals surface area contributed by atoms with Crippen LogP contribution in [0.25, 0.3) is 0 Å². The van der Waals surface area contributed by atoms with Gasteiger partial charge in [-0.1, -0.05) is 19.8 Å². The molecule has 1 aliphatic carbocycles. The summed E-state index contributed by atoms with van der Waals surface area (Å²) in [5.41, 5.74) is 0. The minimum absolute atomic E-state index is 0.757. The van der Waals surface area contributed by atoms with E-state index in [2.05, 4.69) is 24.1 Å². The second kappa shape index (κ2) is 6.75. The van der Waals surface area contributed by atoms with Gasteiger partial charge < -0.3 is 10.2 Å². The van der Waals surface area contributed by atoms with Gasteiger partial charge >= 0.3 is 0 Å². The van der Waals surface area contributed by atoms with Gasteiger partial charge in [-0.3, -0.25) is 0 Å². The Hall–Kier alpha value is -0.0800. The van der Waals surface area contributed by atoms with Crippen LogP contribution in [-0.2, 0) is 0 Å². The summed E-state index contributed by atoms with van der Waals surface area (Å²) in [7, 11) is 0. The van der Waals surface area contributed by atoms with Gasteiger partial charge in [-0.2, -0.15) is 0 Å². The molecule has 0 aromatic heterocycles. The molecule has 2 heteroatoms. The molecule has 2 nitrogen and oxygen atoms in total. The first-order valence-electron chi connectivity index (χ1n) is 7.75. The van der Waals surface area contributed by atoms with Crippen molar-refractivity contribution in [2.24, 2.45) is 11.8 Å². The van der Waals surface area contributed by atoms with Gasteiger partial charge in [0.25, 0.3) is 0 Å². The molecule has 1 heterocycles. The third-order valence-corrected chi connectivity index (χ3v) is 4.63. The first-order valence-corrected chi connectivity index (χ1v) is 7.75. The largest absolute Gasteiger partial charge is 0.313 e. The lowest BCUT2D eigenvalue weighted by atomic mass is 9.92. The van der Waals surface area contributed by atoms with E-state index in [1.807, 2.05) is 0 Å². The molecule has 0 bridgehead atoms. The Morgan fingerprint density at radius 1 is 1.18 bits per heavy atom. The highest BCUT2D eigenvalue weighted by Gasteiger charge is 2.27. The Morgan fingerprint density at radius 2 is 1.88 bits per heavy atom. The number of hydrogen-bond acceptors (Lipinski definition) is 2. The maximum atomic E-state index is 3.69. The van der Waals surface area contributed by atoms with E-state index < -0.39 is 0 Å². The molecule has 1 N–H and O–H groups in total. The summed E-state index contributed by atoms with van der Waals surface area (Å²) in [6, 6.07) is 0.757. The van der Waals surface area contributed by atoms with Gasteiger partial charge in [0.05, 0.1) is 0 Å². The third kappa shape index (κ3) is 4.59. The topological polar surface area (TPSA) is 15.3 Å². The molecule has 0 amide bonds. The van der Waals surface area contributed by atoms with Crippen LogP contribution in [0.15, 0.2) is 0 Å². The van der Waals surface area contributed by atoms with Crippen LogP contribution in [-0.4, -0.2) is 37.1 Å². The Morgan fingerprint density at radius 3 is 2.47 bits per heavy atom. The Balaban J connectivity index is 1.52. The van der Waals surface area contributed by atoms with E-state index in [0.717, 1.165) is 17.9 Å². The van der Waals surface area contributed by atoms with Crippen molar-refractivity contribution in [1.82, 2.24) is 10.2 Å². The van der Waals surface area contributed by atoms with Crippen LogP contribution in [0.3, 0.4) is 0 Å². The van der Waals surface area contributed by atoms with Crippen LogP contribution in [0, 0.1) is 11.8 Å². The van der Waals surface area contributed by atoms with E-state index in [9.17, 15) is 0 Å². The number of nitrogens with one attached hydrogen (secondary N) is 1. The summed E-state index contributed by atoms with van der Waals surface area (Å²) < 4.78 is 0. The molecule has 2 fully saturated rings. The molecule has 0 spiro atoms. The summed E-state index contributed by atoms with van der Waals surface area (Å²) in [6.07, 6.45) is 8.60. The highest BCUT2D eigenvalue weighted by atomic mass is 15.1. The van der Waals surface area contributed by atoms with Gasteiger partial charge in [-0.05, 0) is 57.5 Å². The molecule has 17 heavy (non-hydrogen) atoms. The third-order valence-electron chi connectivity index (χ3n) is 4.63. The molecule has 1 unspecified atom stereocenters. The zero-order valence-corrected chi connectivity index (χ0v) is 11.8. The van der Waals surface area contributed by atoms with E-state index in [1.54, 1.807) is 0 Å².